The Morgan fingerprint density at radius 2 is 2.23 bits per heavy atom. The van der Waals surface area contributed by atoms with Crippen molar-refractivity contribution in [2.24, 2.45) is 0 Å². The highest BCUT2D eigenvalue weighted by molar-refractivity contribution is 5.80. The van der Waals surface area contributed by atoms with E-state index >= 15 is 0 Å². The highest BCUT2D eigenvalue weighted by Crippen LogP contribution is 1.89. The van der Waals surface area contributed by atoms with Crippen LogP contribution in [0.1, 0.15) is 26.2 Å². The Kier molecular flexibility index (Phi) is 7.34. The summed E-state index contributed by atoms with van der Waals surface area (Å²) in [6.07, 6.45) is 5.33. The van der Waals surface area contributed by atoms with Gasteiger partial charge in [-0.05, 0) is 24.3 Å². The first kappa shape index (κ1) is 11.3. The average molecular weight is 176 g/mol. The van der Waals surface area contributed by atoms with E-state index in [9.17, 15) is 4.79 Å². The number of rotatable bonds is 3. The minimum atomic E-state index is -0.992. The Bertz CT molecular complexity index is 292. The molecule has 2 heteroatoms. The first-order chi connectivity index (χ1) is 6.27. The van der Waals surface area contributed by atoms with Crippen LogP contribution in [0, 0.1) is 23.7 Å². The second-order valence-corrected chi connectivity index (χ2v) is 2.35. The third kappa shape index (κ3) is 10.3. The predicted octanol–water partition coefficient (Wildman–Crippen LogP) is 1.82. The van der Waals surface area contributed by atoms with E-state index in [2.05, 4.69) is 30.6 Å². The highest BCUT2D eigenvalue weighted by atomic mass is 16.4. The van der Waals surface area contributed by atoms with Crippen molar-refractivity contribution in [3.05, 3.63) is 12.2 Å². The van der Waals surface area contributed by atoms with E-state index in [0.29, 0.717) is 0 Å². The summed E-state index contributed by atoms with van der Waals surface area (Å²) in [6, 6.07) is 0. The molecule has 0 unspecified atom stereocenters. The molecular formula is C11H12O2. The normalized spacial score (nSPS) is 8.38. The average Bonchev–Trinajstić information content (AvgIpc) is 2.09. The summed E-state index contributed by atoms with van der Waals surface area (Å²) in [4.78, 5) is 9.98. The van der Waals surface area contributed by atoms with Crippen molar-refractivity contribution in [3.63, 3.8) is 0 Å². The molecule has 0 aromatic carbocycles. The summed E-state index contributed by atoms with van der Waals surface area (Å²) < 4.78 is 0. The summed E-state index contributed by atoms with van der Waals surface area (Å²) >= 11 is 0. The van der Waals surface area contributed by atoms with Crippen LogP contribution in [0.3, 0.4) is 0 Å². The maximum absolute atomic E-state index is 9.98. The van der Waals surface area contributed by atoms with Gasteiger partial charge < -0.3 is 5.11 Å². The summed E-state index contributed by atoms with van der Waals surface area (Å²) in [6.45, 7) is 2.10. The van der Waals surface area contributed by atoms with Gasteiger partial charge in [0.2, 0.25) is 0 Å². The Hall–Kier alpha value is -1.67. The third-order valence-corrected chi connectivity index (χ3v) is 1.19. The molecular weight excluding hydrogens is 164 g/mol. The van der Waals surface area contributed by atoms with Gasteiger partial charge in [-0.25, -0.2) is 4.79 Å². The van der Waals surface area contributed by atoms with E-state index in [-0.39, 0.29) is 0 Å². The standard InChI is InChI=1S/C11H12O2/c1-2-3-4-5-6-7-8-9-10-11(12)13/h9-10H,2-4H2,1H3,(H,12,13). The minimum Gasteiger partial charge on any atom is -0.478 e. The van der Waals surface area contributed by atoms with Crippen LogP contribution in [0.15, 0.2) is 12.2 Å². The second-order valence-electron chi connectivity index (χ2n) is 2.35. The molecule has 0 fully saturated rings. The smallest absolute Gasteiger partial charge is 0.328 e. The lowest BCUT2D eigenvalue weighted by atomic mass is 10.2. The fourth-order valence-corrected chi connectivity index (χ4v) is 0.563. The summed E-state index contributed by atoms with van der Waals surface area (Å²) in [5.41, 5.74) is 0. The molecule has 0 aromatic heterocycles. The van der Waals surface area contributed by atoms with E-state index in [4.69, 9.17) is 5.11 Å². The zero-order valence-corrected chi connectivity index (χ0v) is 7.63. The van der Waals surface area contributed by atoms with Crippen molar-refractivity contribution in [1.29, 1.82) is 0 Å². The molecule has 0 amide bonds. The largest absolute Gasteiger partial charge is 0.478 e. The van der Waals surface area contributed by atoms with Gasteiger partial charge >= 0.3 is 5.97 Å². The fourth-order valence-electron chi connectivity index (χ4n) is 0.563. The molecule has 0 radical (unpaired) electrons. The van der Waals surface area contributed by atoms with Crippen molar-refractivity contribution < 1.29 is 9.90 Å². The third-order valence-electron chi connectivity index (χ3n) is 1.19. The van der Waals surface area contributed by atoms with Gasteiger partial charge in [0.15, 0.2) is 0 Å². The van der Waals surface area contributed by atoms with Crippen LogP contribution in [0.4, 0.5) is 0 Å². The number of allylic oxidation sites excluding steroid dienone is 1. The molecule has 0 aromatic rings. The molecule has 2 nitrogen and oxygen atoms in total. The summed E-state index contributed by atoms with van der Waals surface area (Å²) in [7, 11) is 0. The number of hydrogen-bond donors (Lipinski definition) is 1. The Morgan fingerprint density at radius 3 is 2.85 bits per heavy atom. The number of carboxylic acids is 1. The fraction of sp³-hybridized carbons (Fsp3) is 0.364. The number of unbranched alkanes of at least 4 members (excludes halogenated alkanes) is 2. The van der Waals surface area contributed by atoms with Gasteiger partial charge in [0.05, 0.1) is 0 Å². The summed E-state index contributed by atoms with van der Waals surface area (Å²) in [5, 5.41) is 8.20. The molecule has 0 heterocycles. The molecule has 0 saturated carbocycles. The molecule has 68 valence electrons. The number of carboxylic acid groups (broad SMARTS) is 1. The van der Waals surface area contributed by atoms with Gasteiger partial charge in [-0.2, -0.15) is 0 Å². The molecule has 13 heavy (non-hydrogen) atoms. The zero-order chi connectivity index (χ0) is 9.94. The maximum atomic E-state index is 9.98. The van der Waals surface area contributed by atoms with E-state index in [1.54, 1.807) is 0 Å². The minimum absolute atomic E-state index is 0.855. The SMILES string of the molecule is CCCCC#CC#CC=CC(=O)O. The van der Waals surface area contributed by atoms with Crippen LogP contribution in [0.25, 0.3) is 0 Å². The van der Waals surface area contributed by atoms with Crippen molar-refractivity contribution in [2.45, 2.75) is 26.2 Å². The lowest BCUT2D eigenvalue weighted by Gasteiger charge is -1.80. The van der Waals surface area contributed by atoms with E-state index in [1.165, 1.54) is 6.08 Å². The second kappa shape index (κ2) is 8.43. The van der Waals surface area contributed by atoms with Crippen LogP contribution in [0.2, 0.25) is 0 Å². The van der Waals surface area contributed by atoms with Gasteiger partial charge in [-0.15, -0.1) is 0 Å². The lowest BCUT2D eigenvalue weighted by Crippen LogP contribution is -1.84. The Balaban J connectivity index is 3.70. The lowest BCUT2D eigenvalue weighted by molar-refractivity contribution is -0.131. The molecule has 0 aliphatic heterocycles. The molecule has 0 aliphatic rings. The maximum Gasteiger partial charge on any atom is 0.328 e. The van der Waals surface area contributed by atoms with Crippen LogP contribution in [0.5, 0.6) is 0 Å². The molecule has 0 spiro atoms. The molecule has 0 aliphatic carbocycles. The Morgan fingerprint density at radius 1 is 1.46 bits per heavy atom. The van der Waals surface area contributed by atoms with Gasteiger partial charge in [0, 0.05) is 12.5 Å². The molecule has 0 bridgehead atoms. The monoisotopic (exact) mass is 176 g/mol. The quantitative estimate of drug-likeness (QED) is 0.404. The number of carbonyl (C=O) groups is 1. The van der Waals surface area contributed by atoms with Crippen LogP contribution >= 0.6 is 0 Å². The topological polar surface area (TPSA) is 37.3 Å². The summed E-state index contributed by atoms with van der Waals surface area (Å²) in [5.74, 6) is 9.56. The van der Waals surface area contributed by atoms with Crippen molar-refractivity contribution in [2.75, 3.05) is 0 Å². The molecule has 0 saturated heterocycles. The predicted molar refractivity (Wildman–Crippen MR) is 51.9 cm³/mol. The number of hydrogen-bond acceptors (Lipinski definition) is 1. The molecule has 1 N–H and O–H groups in total. The van der Waals surface area contributed by atoms with Gasteiger partial charge in [-0.1, -0.05) is 25.2 Å². The van der Waals surface area contributed by atoms with Gasteiger partial charge in [0.1, 0.15) is 0 Å². The van der Waals surface area contributed by atoms with Gasteiger partial charge in [0.25, 0.3) is 0 Å². The van der Waals surface area contributed by atoms with Crippen LogP contribution in [-0.2, 0) is 4.79 Å². The van der Waals surface area contributed by atoms with Crippen molar-refractivity contribution in [1.82, 2.24) is 0 Å². The van der Waals surface area contributed by atoms with Crippen molar-refractivity contribution in [3.8, 4) is 23.7 Å². The van der Waals surface area contributed by atoms with Crippen molar-refractivity contribution >= 4 is 5.97 Å². The number of aliphatic carboxylic acids is 1. The zero-order valence-electron chi connectivity index (χ0n) is 7.63. The van der Waals surface area contributed by atoms with Crippen LogP contribution in [-0.4, -0.2) is 11.1 Å². The van der Waals surface area contributed by atoms with Gasteiger partial charge in [-0.3, -0.25) is 0 Å². The molecule has 0 rings (SSSR count). The van der Waals surface area contributed by atoms with E-state index in [0.717, 1.165) is 25.3 Å². The molecule has 0 atom stereocenters. The van der Waals surface area contributed by atoms with Crippen LogP contribution < -0.4 is 0 Å². The first-order valence-corrected chi connectivity index (χ1v) is 4.15. The Labute approximate surface area is 78.7 Å². The highest BCUT2D eigenvalue weighted by Gasteiger charge is 1.79. The first-order valence-electron chi connectivity index (χ1n) is 4.15. The van der Waals surface area contributed by atoms with E-state index in [1.807, 2.05) is 0 Å². The van der Waals surface area contributed by atoms with E-state index < -0.39 is 5.97 Å².